The van der Waals surface area contributed by atoms with Gasteiger partial charge in [0.1, 0.15) is 11.6 Å². The lowest BCUT2D eigenvalue weighted by molar-refractivity contribution is -0.144. The van der Waals surface area contributed by atoms with E-state index in [4.69, 9.17) is 4.98 Å². The van der Waals surface area contributed by atoms with Crippen molar-refractivity contribution in [1.82, 2.24) is 14.1 Å². The minimum Gasteiger partial charge on any atom is -0.481 e. The van der Waals surface area contributed by atoms with Crippen LogP contribution in [0.3, 0.4) is 0 Å². The largest absolute Gasteiger partial charge is 0.481 e. The van der Waals surface area contributed by atoms with E-state index < -0.39 is 17.3 Å². The Hall–Kier alpha value is -5.16. The number of fused-ring (bicyclic) bond motifs is 8. The molecule has 4 aromatic carbocycles. The molecule has 0 spiro atoms. The van der Waals surface area contributed by atoms with Crippen LogP contribution in [0.1, 0.15) is 124 Å². The molecule has 5 heteroatoms. The molecule has 2 aliphatic carbocycles. The third-order valence-corrected chi connectivity index (χ3v) is 13.7. The summed E-state index contributed by atoms with van der Waals surface area (Å²) in [4.78, 5) is 18.5. The molecule has 3 aromatic heterocycles. The molecule has 304 valence electrons. The summed E-state index contributed by atoms with van der Waals surface area (Å²) < 4.78 is 4.71. The number of nitrogens with zero attached hydrogens (tertiary/aromatic N) is 3. The van der Waals surface area contributed by atoms with Crippen LogP contribution in [-0.2, 0) is 32.9 Å². The molecule has 9 rings (SSSR count). The molecule has 0 radical (unpaired) electrons. The van der Waals surface area contributed by atoms with Crippen LogP contribution in [0, 0.1) is 17.3 Å². The number of allylic oxidation sites excluding steroid dienone is 2. The van der Waals surface area contributed by atoms with Crippen molar-refractivity contribution in [2.75, 3.05) is 0 Å². The number of pyridine rings is 1. The molecule has 1 fully saturated rings. The Bertz CT molecular complexity index is 2580. The summed E-state index contributed by atoms with van der Waals surface area (Å²) in [6, 6.07) is 32.3. The molecule has 0 amide bonds. The fraction of sp³-hybridized carbons (Fsp3) is 0.407. The second kappa shape index (κ2) is 12.9. The summed E-state index contributed by atoms with van der Waals surface area (Å²) in [6.07, 6.45) is 6.71. The summed E-state index contributed by atoms with van der Waals surface area (Å²) in [5, 5.41) is 15.4. The van der Waals surface area contributed by atoms with Crippen LogP contribution in [0.15, 0.2) is 97.1 Å². The van der Waals surface area contributed by atoms with Crippen molar-refractivity contribution >= 4 is 49.6 Å². The predicted molar refractivity (Wildman–Crippen MR) is 247 cm³/mol. The maximum Gasteiger partial charge on any atom is 0.307 e. The van der Waals surface area contributed by atoms with E-state index in [1.165, 1.54) is 43.8 Å². The summed E-state index contributed by atoms with van der Waals surface area (Å²) in [6.45, 7) is 27.3. The van der Waals surface area contributed by atoms with Crippen LogP contribution in [0.4, 0.5) is 0 Å². The van der Waals surface area contributed by atoms with Crippen molar-refractivity contribution in [2.24, 2.45) is 17.3 Å². The normalized spacial score (nSPS) is 19.9. The van der Waals surface area contributed by atoms with E-state index in [9.17, 15) is 9.90 Å². The van der Waals surface area contributed by atoms with Crippen molar-refractivity contribution in [1.29, 1.82) is 0 Å². The smallest absolute Gasteiger partial charge is 0.307 e. The molecular weight excluding hydrogens is 723 g/mol. The topological polar surface area (TPSA) is 60.1 Å². The molecule has 5 nitrogen and oxygen atoms in total. The molecule has 59 heavy (non-hydrogen) atoms. The fourth-order valence-corrected chi connectivity index (χ4v) is 10.2. The van der Waals surface area contributed by atoms with Crippen molar-refractivity contribution < 1.29 is 9.90 Å². The lowest BCUT2D eigenvalue weighted by Gasteiger charge is -2.30. The number of carboxylic acid groups (broad SMARTS) is 1. The standard InChI is InChI=1S/C54H61N3O2/c1-50(2,3)34-13-17-43-38(26-34)39-27-35(51(4,5)6)14-18-44(39)56(43)47-24-33(31-54-22-21-32(30-54)23-42(54)49(58)59)25-48(55-47)57-45-19-15-36(52(7,8)9)28-40(45)41-29-37(53(10,11)12)16-20-46(41)57/h13-22,24-29,32,42H,23,30-31H2,1-12H3,(H,58,59)/t32-,42?,54-/m1/s1. The van der Waals surface area contributed by atoms with Crippen LogP contribution in [0.2, 0.25) is 0 Å². The van der Waals surface area contributed by atoms with Gasteiger partial charge in [0, 0.05) is 27.0 Å². The monoisotopic (exact) mass is 783 g/mol. The first-order valence-corrected chi connectivity index (χ1v) is 21.6. The van der Waals surface area contributed by atoms with E-state index in [-0.39, 0.29) is 21.7 Å². The van der Waals surface area contributed by atoms with Crippen molar-refractivity contribution in [3.8, 4) is 11.6 Å². The third-order valence-electron chi connectivity index (χ3n) is 13.7. The van der Waals surface area contributed by atoms with Gasteiger partial charge in [0.25, 0.3) is 0 Å². The summed E-state index contributed by atoms with van der Waals surface area (Å²) >= 11 is 0. The van der Waals surface area contributed by atoms with Gasteiger partial charge in [-0.3, -0.25) is 13.9 Å². The van der Waals surface area contributed by atoms with Crippen LogP contribution >= 0.6 is 0 Å². The molecule has 2 bridgehead atoms. The second-order valence-corrected chi connectivity index (χ2v) is 22.2. The maximum absolute atomic E-state index is 12.8. The Morgan fingerprint density at radius 1 is 0.593 bits per heavy atom. The number of hydrogen-bond acceptors (Lipinski definition) is 2. The molecular formula is C54H61N3O2. The minimum absolute atomic E-state index is 0.0141. The van der Waals surface area contributed by atoms with Gasteiger partial charge < -0.3 is 5.11 Å². The number of hydrogen-bond donors (Lipinski definition) is 1. The molecule has 1 unspecified atom stereocenters. The molecule has 1 N–H and O–H groups in total. The zero-order chi connectivity index (χ0) is 42.2. The number of benzene rings is 4. The summed E-state index contributed by atoms with van der Waals surface area (Å²) in [5.74, 6) is 0.908. The number of aromatic nitrogens is 3. The van der Waals surface area contributed by atoms with Crippen LogP contribution < -0.4 is 0 Å². The van der Waals surface area contributed by atoms with E-state index in [2.05, 4.69) is 189 Å². The van der Waals surface area contributed by atoms with Gasteiger partial charge in [-0.2, -0.15) is 0 Å². The van der Waals surface area contributed by atoms with Gasteiger partial charge in [-0.05, 0) is 135 Å². The van der Waals surface area contributed by atoms with Gasteiger partial charge in [0.05, 0.1) is 28.0 Å². The Morgan fingerprint density at radius 3 is 1.25 bits per heavy atom. The zero-order valence-corrected chi connectivity index (χ0v) is 37.2. The van der Waals surface area contributed by atoms with Gasteiger partial charge >= 0.3 is 5.97 Å². The third kappa shape index (κ3) is 6.51. The Morgan fingerprint density at radius 2 is 0.949 bits per heavy atom. The maximum atomic E-state index is 12.8. The summed E-state index contributed by atoms with van der Waals surface area (Å²) in [5.41, 5.74) is 10.3. The Labute approximate surface area is 350 Å². The van der Waals surface area contributed by atoms with Gasteiger partial charge in [0.2, 0.25) is 0 Å². The Kier molecular flexibility index (Phi) is 8.61. The van der Waals surface area contributed by atoms with Crippen molar-refractivity contribution in [2.45, 2.75) is 124 Å². The SMILES string of the molecule is CC(C)(C)c1ccc2c(c1)c1cc(C(C)(C)C)ccc1n2-c1cc(C[C@]23C=C[C@H](CC2C(=O)O)C3)cc(-n2c3ccc(C(C)(C)C)cc3c3cc(C(C)(C)C)ccc32)n1. The molecule has 7 aromatic rings. The summed E-state index contributed by atoms with van der Waals surface area (Å²) in [7, 11) is 0. The van der Waals surface area contributed by atoms with Gasteiger partial charge in [-0.1, -0.05) is 120 Å². The average Bonchev–Trinajstić information content (AvgIpc) is 3.89. The van der Waals surface area contributed by atoms with Crippen molar-refractivity contribution in [3.05, 3.63) is 125 Å². The lowest BCUT2D eigenvalue weighted by atomic mass is 9.73. The highest BCUT2D eigenvalue weighted by Gasteiger charge is 2.52. The highest BCUT2D eigenvalue weighted by Crippen LogP contribution is 2.55. The van der Waals surface area contributed by atoms with E-state index >= 15 is 0 Å². The highest BCUT2D eigenvalue weighted by molar-refractivity contribution is 6.11. The van der Waals surface area contributed by atoms with E-state index in [0.29, 0.717) is 18.8 Å². The van der Waals surface area contributed by atoms with E-state index in [0.717, 1.165) is 45.7 Å². The van der Waals surface area contributed by atoms with Gasteiger partial charge in [-0.25, -0.2) is 4.98 Å². The molecule has 0 saturated heterocycles. The fourth-order valence-electron chi connectivity index (χ4n) is 10.2. The Balaban J connectivity index is 1.36. The second-order valence-electron chi connectivity index (χ2n) is 22.2. The molecule has 0 aliphatic heterocycles. The van der Waals surface area contributed by atoms with Crippen LogP contribution in [0.25, 0.3) is 55.2 Å². The van der Waals surface area contributed by atoms with Crippen LogP contribution in [-0.4, -0.2) is 25.2 Å². The first-order chi connectivity index (χ1) is 27.5. The number of aliphatic carboxylic acids is 1. The zero-order valence-electron chi connectivity index (χ0n) is 37.2. The minimum atomic E-state index is -0.690. The average molecular weight is 784 g/mol. The number of carbonyl (C=O) groups is 1. The van der Waals surface area contributed by atoms with Gasteiger partial charge in [-0.15, -0.1) is 0 Å². The first-order valence-electron chi connectivity index (χ1n) is 21.6. The van der Waals surface area contributed by atoms with E-state index in [1.807, 2.05) is 0 Å². The predicted octanol–water partition coefficient (Wildman–Crippen LogP) is 13.7. The van der Waals surface area contributed by atoms with E-state index in [1.54, 1.807) is 0 Å². The molecule has 1 saturated carbocycles. The lowest BCUT2D eigenvalue weighted by Crippen LogP contribution is -2.31. The van der Waals surface area contributed by atoms with Gasteiger partial charge in [0.15, 0.2) is 0 Å². The number of rotatable bonds is 5. The quantitative estimate of drug-likeness (QED) is 0.177. The highest BCUT2D eigenvalue weighted by atomic mass is 16.4. The molecule has 3 atom stereocenters. The molecule has 2 aliphatic rings. The van der Waals surface area contributed by atoms with Crippen LogP contribution in [0.5, 0.6) is 0 Å². The van der Waals surface area contributed by atoms with Crippen molar-refractivity contribution in [3.63, 3.8) is 0 Å². The molecule has 3 heterocycles. The first kappa shape index (κ1) is 39.3. The number of carboxylic acids is 1.